The molecule has 1 spiro atoms. The number of aliphatic hydroxyl groups is 1. The van der Waals surface area contributed by atoms with Crippen molar-refractivity contribution in [1.29, 1.82) is 0 Å². The number of amides is 1. The van der Waals surface area contributed by atoms with Gasteiger partial charge in [-0.15, -0.1) is 0 Å². The van der Waals surface area contributed by atoms with E-state index in [2.05, 4.69) is 15.7 Å². The van der Waals surface area contributed by atoms with Crippen LogP contribution in [0.15, 0.2) is 35.5 Å². The van der Waals surface area contributed by atoms with Crippen molar-refractivity contribution >= 4 is 15.7 Å². The molecule has 23 heavy (non-hydrogen) atoms. The molecular weight excluding hydrogens is 320 g/mol. The Bertz CT molecular complexity index is 936. The monoisotopic (exact) mass is 334 g/mol. The van der Waals surface area contributed by atoms with Gasteiger partial charge in [-0.05, 0) is 11.6 Å². The van der Waals surface area contributed by atoms with Crippen molar-refractivity contribution in [2.24, 2.45) is 7.05 Å². The van der Waals surface area contributed by atoms with Gasteiger partial charge in [0.25, 0.3) is 0 Å². The summed E-state index contributed by atoms with van der Waals surface area (Å²) < 4.78 is 26.7. The maximum Gasteiger partial charge on any atom is 0.249 e. The van der Waals surface area contributed by atoms with Crippen LogP contribution < -0.4 is 10.6 Å². The topological polar surface area (TPSA) is 113 Å². The molecule has 1 amide bonds. The minimum Gasteiger partial charge on any atom is -0.361 e. The number of rotatable bonds is 1. The number of carbonyl (C=O) groups is 1. The van der Waals surface area contributed by atoms with E-state index >= 15 is 0 Å². The summed E-state index contributed by atoms with van der Waals surface area (Å²) in [6.07, 6.45) is 2.16. The number of aliphatic hydroxyl groups excluding tert-OH is 1. The molecule has 1 saturated heterocycles. The van der Waals surface area contributed by atoms with Crippen LogP contribution >= 0.6 is 0 Å². The van der Waals surface area contributed by atoms with Crippen molar-refractivity contribution < 1.29 is 18.3 Å². The first kappa shape index (κ1) is 14.4. The maximum atomic E-state index is 12.5. The zero-order chi connectivity index (χ0) is 16.4. The number of fused-ring (bicyclic) bond motifs is 2. The minimum atomic E-state index is -3.64. The van der Waals surface area contributed by atoms with E-state index in [0.717, 1.165) is 5.56 Å². The molecule has 8 nitrogen and oxygen atoms in total. The Morgan fingerprint density at radius 3 is 2.78 bits per heavy atom. The average Bonchev–Trinajstić information content (AvgIpc) is 3.08. The smallest absolute Gasteiger partial charge is 0.249 e. The van der Waals surface area contributed by atoms with Gasteiger partial charge in [-0.1, -0.05) is 12.1 Å². The van der Waals surface area contributed by atoms with Crippen LogP contribution in [0.2, 0.25) is 0 Å². The number of sulfone groups is 1. The summed E-state index contributed by atoms with van der Waals surface area (Å²) in [4.78, 5) is 12.3. The maximum absolute atomic E-state index is 12.5. The molecule has 1 aromatic heterocycles. The molecule has 2 aliphatic heterocycles. The number of benzene rings is 1. The third kappa shape index (κ3) is 1.94. The first-order valence-corrected chi connectivity index (χ1v) is 8.60. The van der Waals surface area contributed by atoms with Gasteiger partial charge >= 0.3 is 0 Å². The van der Waals surface area contributed by atoms with Gasteiger partial charge in [-0.2, -0.15) is 5.10 Å². The molecule has 9 heteroatoms. The van der Waals surface area contributed by atoms with E-state index in [9.17, 15) is 18.3 Å². The van der Waals surface area contributed by atoms with Crippen molar-refractivity contribution in [1.82, 2.24) is 20.4 Å². The zero-order valence-electron chi connectivity index (χ0n) is 12.1. The van der Waals surface area contributed by atoms with Crippen molar-refractivity contribution in [3.8, 4) is 11.1 Å². The van der Waals surface area contributed by atoms with Crippen molar-refractivity contribution in [3.05, 3.63) is 36.2 Å². The first-order chi connectivity index (χ1) is 10.8. The number of nitrogens with one attached hydrogen (secondary N) is 2. The number of nitrogens with zero attached hydrogens (tertiary/aromatic N) is 2. The third-order valence-corrected chi connectivity index (χ3v) is 6.08. The number of carbonyl (C=O) groups excluding carboxylic acids is 1. The lowest BCUT2D eigenvalue weighted by atomic mass is 9.91. The number of hydrogen-bond acceptors (Lipinski definition) is 6. The standard InChI is InChI=1S/C14H14N4O4S/c1-18-6-9(5-15-18)8-2-3-10-11(4-8)23(21,22)7-14(10)12(19)16-13(20)17-14/h2-6,13,17,20H,7H2,1H3,(H,16,19). The highest BCUT2D eigenvalue weighted by Gasteiger charge is 2.56. The number of hydrogen-bond donors (Lipinski definition) is 3. The van der Waals surface area contributed by atoms with Gasteiger partial charge in [0, 0.05) is 24.4 Å². The fourth-order valence-corrected chi connectivity index (χ4v) is 5.19. The second-order valence-corrected chi connectivity index (χ2v) is 7.76. The molecule has 1 aromatic carbocycles. The fourth-order valence-electron chi connectivity index (χ4n) is 3.21. The zero-order valence-corrected chi connectivity index (χ0v) is 13.0. The van der Waals surface area contributed by atoms with Crippen LogP contribution in [0.1, 0.15) is 5.56 Å². The summed E-state index contributed by atoms with van der Waals surface area (Å²) in [6, 6.07) is 4.92. The lowest BCUT2D eigenvalue weighted by Crippen LogP contribution is -2.46. The number of aryl methyl sites for hydroxylation is 1. The van der Waals surface area contributed by atoms with Crippen LogP contribution in [0.3, 0.4) is 0 Å². The highest BCUT2D eigenvalue weighted by molar-refractivity contribution is 7.91. The van der Waals surface area contributed by atoms with E-state index in [1.54, 1.807) is 42.3 Å². The Kier molecular flexibility index (Phi) is 2.75. The molecule has 2 aromatic rings. The Hall–Kier alpha value is -2.23. The Morgan fingerprint density at radius 2 is 2.17 bits per heavy atom. The van der Waals surface area contributed by atoms with Crippen LogP contribution in [-0.4, -0.2) is 41.3 Å². The molecule has 4 rings (SSSR count). The van der Waals surface area contributed by atoms with Crippen LogP contribution in [0, 0.1) is 0 Å². The minimum absolute atomic E-state index is 0.107. The fraction of sp³-hybridized carbons (Fsp3) is 0.286. The second kappa shape index (κ2) is 4.40. The molecule has 0 radical (unpaired) electrons. The summed E-state index contributed by atoms with van der Waals surface area (Å²) >= 11 is 0. The summed E-state index contributed by atoms with van der Waals surface area (Å²) in [6.45, 7) is 0. The van der Waals surface area contributed by atoms with Gasteiger partial charge in [0.15, 0.2) is 16.2 Å². The molecular formula is C14H14N4O4S. The summed E-state index contributed by atoms with van der Waals surface area (Å²) in [7, 11) is -1.86. The van der Waals surface area contributed by atoms with Crippen LogP contribution in [0.4, 0.5) is 0 Å². The molecule has 120 valence electrons. The number of aromatic nitrogens is 2. The van der Waals surface area contributed by atoms with Gasteiger partial charge in [0.2, 0.25) is 5.91 Å². The van der Waals surface area contributed by atoms with E-state index in [-0.39, 0.29) is 4.90 Å². The summed E-state index contributed by atoms with van der Waals surface area (Å²) in [5.41, 5.74) is 0.423. The highest BCUT2D eigenvalue weighted by Crippen LogP contribution is 2.42. The van der Waals surface area contributed by atoms with Crippen LogP contribution in [0.25, 0.3) is 11.1 Å². The molecule has 3 heterocycles. The molecule has 2 atom stereocenters. The lowest BCUT2D eigenvalue weighted by molar-refractivity contribution is -0.124. The van der Waals surface area contributed by atoms with Gasteiger partial charge in [-0.25, -0.2) is 8.42 Å². The second-order valence-electron chi connectivity index (χ2n) is 5.80. The SMILES string of the molecule is Cn1cc(-c2ccc3c(c2)S(=O)(=O)CC32NC(O)NC2=O)cn1. The Balaban J connectivity index is 1.90. The van der Waals surface area contributed by atoms with Gasteiger partial charge in [0.1, 0.15) is 5.54 Å². The molecule has 0 saturated carbocycles. The molecule has 1 fully saturated rings. The first-order valence-electron chi connectivity index (χ1n) is 6.95. The van der Waals surface area contributed by atoms with E-state index in [4.69, 9.17) is 0 Å². The molecule has 3 N–H and O–H groups in total. The summed E-state index contributed by atoms with van der Waals surface area (Å²) in [5, 5.41) is 18.6. The summed E-state index contributed by atoms with van der Waals surface area (Å²) in [5.74, 6) is -0.948. The Morgan fingerprint density at radius 1 is 1.39 bits per heavy atom. The molecule has 2 aliphatic rings. The predicted molar refractivity (Wildman–Crippen MR) is 79.7 cm³/mol. The van der Waals surface area contributed by atoms with E-state index in [1.165, 1.54) is 0 Å². The van der Waals surface area contributed by atoms with Crippen LogP contribution in [-0.2, 0) is 27.2 Å². The van der Waals surface area contributed by atoms with Crippen molar-refractivity contribution in [3.63, 3.8) is 0 Å². The van der Waals surface area contributed by atoms with E-state index < -0.39 is 33.4 Å². The Labute approximate surface area is 132 Å². The largest absolute Gasteiger partial charge is 0.361 e. The van der Waals surface area contributed by atoms with Crippen molar-refractivity contribution in [2.45, 2.75) is 16.8 Å². The predicted octanol–water partition coefficient (Wildman–Crippen LogP) is -0.935. The molecule has 0 bridgehead atoms. The average molecular weight is 334 g/mol. The van der Waals surface area contributed by atoms with Crippen molar-refractivity contribution in [2.75, 3.05) is 5.75 Å². The normalized spacial score (nSPS) is 28.1. The molecule has 0 aliphatic carbocycles. The highest BCUT2D eigenvalue weighted by atomic mass is 32.2. The molecule has 2 unspecified atom stereocenters. The van der Waals surface area contributed by atoms with E-state index in [0.29, 0.717) is 11.1 Å². The quantitative estimate of drug-likeness (QED) is 0.621. The van der Waals surface area contributed by atoms with Crippen LogP contribution in [0.5, 0.6) is 0 Å². The van der Waals surface area contributed by atoms with Gasteiger partial charge in [-0.3, -0.25) is 14.8 Å². The van der Waals surface area contributed by atoms with Gasteiger partial charge < -0.3 is 10.4 Å². The third-order valence-electron chi connectivity index (χ3n) is 4.26. The van der Waals surface area contributed by atoms with Gasteiger partial charge in [0.05, 0.1) is 16.8 Å². The lowest BCUT2D eigenvalue weighted by Gasteiger charge is -2.20. The van der Waals surface area contributed by atoms with E-state index in [1.807, 2.05) is 0 Å².